The van der Waals surface area contributed by atoms with Gasteiger partial charge in [0.05, 0.1) is 11.0 Å². The minimum Gasteiger partial charge on any atom is -0.378 e. The Bertz CT molecular complexity index is 610. The highest BCUT2D eigenvalue weighted by atomic mass is 16.6. The molecule has 0 saturated carbocycles. The maximum Gasteiger partial charge on any atom is 0.353 e. The number of nitrogens with two attached hydrogens (primary N) is 1. The molecule has 10 nitrogen and oxygen atoms in total. The summed E-state index contributed by atoms with van der Waals surface area (Å²) in [7, 11) is 1.77. The van der Waals surface area contributed by atoms with E-state index in [-0.39, 0.29) is 23.4 Å². The standard InChI is InChI=1S/C9H12N8O2/c1-5(9-15-13-4-16(9)2)14-8-6(17(18)19)7(10)11-3-12-8/h3-5H,1-2H3,(H3,10,11,12,14). The molecule has 0 spiro atoms. The molecule has 2 aromatic rings. The quantitative estimate of drug-likeness (QED) is 0.592. The van der Waals surface area contributed by atoms with Crippen LogP contribution in [0.5, 0.6) is 0 Å². The number of aryl methyl sites for hydroxylation is 1. The zero-order valence-electron chi connectivity index (χ0n) is 10.3. The van der Waals surface area contributed by atoms with Crippen LogP contribution in [0.3, 0.4) is 0 Å². The molecule has 2 heterocycles. The average molecular weight is 264 g/mol. The van der Waals surface area contributed by atoms with Crippen LogP contribution in [0, 0.1) is 10.1 Å². The van der Waals surface area contributed by atoms with Crippen molar-refractivity contribution in [3.05, 3.63) is 28.6 Å². The molecule has 0 aliphatic carbocycles. The third kappa shape index (κ3) is 2.41. The van der Waals surface area contributed by atoms with Crippen LogP contribution in [-0.4, -0.2) is 29.7 Å². The highest BCUT2D eigenvalue weighted by molar-refractivity contribution is 5.67. The molecule has 0 aliphatic heterocycles. The Morgan fingerprint density at radius 1 is 1.53 bits per heavy atom. The van der Waals surface area contributed by atoms with Crippen molar-refractivity contribution in [2.75, 3.05) is 11.1 Å². The van der Waals surface area contributed by atoms with Gasteiger partial charge in [0.15, 0.2) is 5.82 Å². The third-order valence-corrected chi connectivity index (χ3v) is 2.52. The van der Waals surface area contributed by atoms with Crippen LogP contribution in [0.2, 0.25) is 0 Å². The fraction of sp³-hybridized carbons (Fsp3) is 0.333. The number of hydrogen-bond acceptors (Lipinski definition) is 8. The van der Waals surface area contributed by atoms with Crippen molar-refractivity contribution in [2.45, 2.75) is 13.0 Å². The van der Waals surface area contributed by atoms with Crippen LogP contribution in [0.25, 0.3) is 0 Å². The van der Waals surface area contributed by atoms with E-state index in [0.29, 0.717) is 5.82 Å². The molecule has 2 rings (SSSR count). The van der Waals surface area contributed by atoms with Gasteiger partial charge in [-0.1, -0.05) is 0 Å². The number of anilines is 2. The number of nitro groups is 1. The number of hydrogen-bond donors (Lipinski definition) is 2. The van der Waals surface area contributed by atoms with E-state index < -0.39 is 4.92 Å². The normalized spacial score (nSPS) is 12.1. The Hall–Kier alpha value is -2.78. The predicted molar refractivity (Wildman–Crippen MR) is 66.1 cm³/mol. The van der Waals surface area contributed by atoms with Crippen molar-refractivity contribution in [1.29, 1.82) is 0 Å². The second-order valence-electron chi connectivity index (χ2n) is 3.88. The molecule has 0 fully saturated rings. The first-order valence-electron chi connectivity index (χ1n) is 5.36. The Kier molecular flexibility index (Phi) is 3.23. The molecular weight excluding hydrogens is 252 g/mol. The number of nitrogens with zero attached hydrogens (tertiary/aromatic N) is 6. The minimum atomic E-state index is -0.624. The van der Waals surface area contributed by atoms with Crippen molar-refractivity contribution in [1.82, 2.24) is 24.7 Å². The molecule has 0 bridgehead atoms. The SMILES string of the molecule is CC(Nc1ncnc(N)c1[N+](=O)[O-])c1nncn1C. The monoisotopic (exact) mass is 264 g/mol. The van der Waals surface area contributed by atoms with Gasteiger partial charge < -0.3 is 15.6 Å². The summed E-state index contributed by atoms with van der Waals surface area (Å²) < 4.78 is 1.70. The summed E-state index contributed by atoms with van der Waals surface area (Å²) in [5, 5.41) is 21.5. The molecule has 100 valence electrons. The van der Waals surface area contributed by atoms with Gasteiger partial charge in [0.1, 0.15) is 12.7 Å². The maximum atomic E-state index is 10.9. The Labute approximate surface area is 107 Å². The zero-order valence-corrected chi connectivity index (χ0v) is 10.3. The van der Waals surface area contributed by atoms with Crippen molar-refractivity contribution in [3.63, 3.8) is 0 Å². The number of rotatable bonds is 4. The second-order valence-corrected chi connectivity index (χ2v) is 3.88. The van der Waals surface area contributed by atoms with Gasteiger partial charge >= 0.3 is 5.69 Å². The summed E-state index contributed by atoms with van der Waals surface area (Å²) in [6, 6.07) is -0.319. The van der Waals surface area contributed by atoms with Gasteiger partial charge in [-0.3, -0.25) is 10.1 Å². The topological polar surface area (TPSA) is 138 Å². The van der Waals surface area contributed by atoms with E-state index in [9.17, 15) is 10.1 Å². The van der Waals surface area contributed by atoms with E-state index in [1.54, 1.807) is 18.5 Å². The third-order valence-electron chi connectivity index (χ3n) is 2.52. The molecule has 1 atom stereocenters. The molecule has 2 aromatic heterocycles. The molecule has 0 saturated heterocycles. The maximum absolute atomic E-state index is 10.9. The summed E-state index contributed by atoms with van der Waals surface area (Å²) in [6.45, 7) is 1.78. The Balaban J connectivity index is 2.32. The predicted octanol–water partition coefficient (Wildman–Crippen LogP) is 0.269. The summed E-state index contributed by atoms with van der Waals surface area (Å²) in [5.74, 6) is 0.479. The second kappa shape index (κ2) is 4.84. The number of nitrogen functional groups attached to an aromatic ring is 1. The first kappa shape index (κ1) is 12.7. The lowest BCUT2D eigenvalue weighted by atomic mass is 10.3. The molecule has 0 radical (unpaired) electrons. The Morgan fingerprint density at radius 2 is 2.26 bits per heavy atom. The molecule has 0 aromatic carbocycles. The van der Waals surface area contributed by atoms with Gasteiger partial charge in [-0.15, -0.1) is 10.2 Å². The van der Waals surface area contributed by atoms with E-state index in [4.69, 9.17) is 5.73 Å². The van der Waals surface area contributed by atoms with Gasteiger partial charge in [-0.05, 0) is 6.92 Å². The van der Waals surface area contributed by atoms with Gasteiger partial charge in [0.2, 0.25) is 11.6 Å². The molecule has 19 heavy (non-hydrogen) atoms. The summed E-state index contributed by atoms with van der Waals surface area (Å²) in [5.41, 5.74) is 5.13. The first-order chi connectivity index (χ1) is 9.00. The van der Waals surface area contributed by atoms with Crippen molar-refractivity contribution in [3.8, 4) is 0 Å². The molecule has 10 heteroatoms. The molecule has 0 amide bonds. The lowest BCUT2D eigenvalue weighted by molar-refractivity contribution is -0.383. The van der Waals surface area contributed by atoms with E-state index in [2.05, 4.69) is 25.5 Å². The fourth-order valence-electron chi connectivity index (χ4n) is 1.63. The van der Waals surface area contributed by atoms with Crippen LogP contribution in [0.1, 0.15) is 18.8 Å². The highest BCUT2D eigenvalue weighted by Gasteiger charge is 2.23. The van der Waals surface area contributed by atoms with Crippen LogP contribution in [0.15, 0.2) is 12.7 Å². The summed E-state index contributed by atoms with van der Waals surface area (Å²) in [6.07, 6.45) is 2.70. The average Bonchev–Trinajstić information content (AvgIpc) is 2.75. The molecule has 1 unspecified atom stereocenters. The van der Waals surface area contributed by atoms with Crippen molar-refractivity contribution < 1.29 is 4.92 Å². The van der Waals surface area contributed by atoms with Gasteiger partial charge in [0.25, 0.3) is 0 Å². The Morgan fingerprint density at radius 3 is 2.84 bits per heavy atom. The van der Waals surface area contributed by atoms with Crippen molar-refractivity contribution in [2.24, 2.45) is 7.05 Å². The fourth-order valence-corrected chi connectivity index (χ4v) is 1.63. The number of aromatic nitrogens is 5. The van der Waals surface area contributed by atoms with Crippen LogP contribution in [-0.2, 0) is 7.05 Å². The lowest BCUT2D eigenvalue weighted by Crippen LogP contribution is -2.15. The minimum absolute atomic E-state index is 0.0491. The first-order valence-corrected chi connectivity index (χ1v) is 5.36. The van der Waals surface area contributed by atoms with Gasteiger partial charge in [-0.25, -0.2) is 9.97 Å². The molecule has 3 N–H and O–H groups in total. The van der Waals surface area contributed by atoms with E-state index in [1.165, 1.54) is 6.33 Å². The van der Waals surface area contributed by atoms with E-state index >= 15 is 0 Å². The van der Waals surface area contributed by atoms with E-state index in [1.807, 2.05) is 0 Å². The molecular formula is C9H12N8O2. The smallest absolute Gasteiger partial charge is 0.353 e. The summed E-state index contributed by atoms with van der Waals surface area (Å²) >= 11 is 0. The highest BCUT2D eigenvalue weighted by Crippen LogP contribution is 2.28. The van der Waals surface area contributed by atoms with E-state index in [0.717, 1.165) is 6.33 Å². The largest absolute Gasteiger partial charge is 0.378 e. The van der Waals surface area contributed by atoms with Crippen molar-refractivity contribution >= 4 is 17.3 Å². The van der Waals surface area contributed by atoms with Crippen LogP contribution in [0.4, 0.5) is 17.3 Å². The zero-order chi connectivity index (χ0) is 14.0. The lowest BCUT2D eigenvalue weighted by Gasteiger charge is -2.13. The number of nitrogens with one attached hydrogen (secondary N) is 1. The van der Waals surface area contributed by atoms with Crippen LogP contribution < -0.4 is 11.1 Å². The van der Waals surface area contributed by atoms with Gasteiger partial charge in [0, 0.05) is 7.05 Å². The van der Waals surface area contributed by atoms with Crippen LogP contribution >= 0.6 is 0 Å². The summed E-state index contributed by atoms with van der Waals surface area (Å²) in [4.78, 5) is 17.8. The van der Waals surface area contributed by atoms with Gasteiger partial charge in [-0.2, -0.15) is 0 Å². The molecule has 0 aliphatic rings.